The topological polar surface area (TPSA) is 41.5 Å². The summed E-state index contributed by atoms with van der Waals surface area (Å²) in [5.74, 6) is 0.808. The van der Waals surface area contributed by atoms with Crippen LogP contribution in [0, 0.1) is 0 Å². The first-order valence-corrected chi connectivity index (χ1v) is 8.37. The fraction of sp³-hybridized carbons (Fsp3) is 0.857. The highest BCUT2D eigenvalue weighted by atomic mass is 32.1. The van der Waals surface area contributed by atoms with E-state index < -0.39 is 0 Å². The number of rotatable bonds is 4. The SMILES string of the molecule is COCc1nsc(N2CCC(N3CCCC3C)CC2)n1. The van der Waals surface area contributed by atoms with Crippen LogP contribution in [0.2, 0.25) is 0 Å². The highest BCUT2D eigenvalue weighted by molar-refractivity contribution is 7.09. The third kappa shape index (κ3) is 2.97. The van der Waals surface area contributed by atoms with E-state index in [0.717, 1.165) is 36.1 Å². The fourth-order valence-electron chi connectivity index (χ4n) is 3.45. The maximum absolute atomic E-state index is 5.08. The molecule has 3 rings (SSSR count). The van der Waals surface area contributed by atoms with Crippen molar-refractivity contribution in [2.75, 3.05) is 31.6 Å². The molecule has 1 unspecified atom stereocenters. The van der Waals surface area contributed by atoms with E-state index in [1.165, 1.54) is 43.8 Å². The smallest absolute Gasteiger partial charge is 0.205 e. The molecular weight excluding hydrogens is 272 g/mol. The molecule has 5 nitrogen and oxygen atoms in total. The van der Waals surface area contributed by atoms with Crippen LogP contribution in [0.1, 0.15) is 38.4 Å². The summed E-state index contributed by atoms with van der Waals surface area (Å²) in [4.78, 5) is 9.65. The maximum atomic E-state index is 5.08. The van der Waals surface area contributed by atoms with Crippen LogP contribution in [-0.4, -0.2) is 53.1 Å². The summed E-state index contributed by atoms with van der Waals surface area (Å²) in [5, 5.41) is 1.06. The van der Waals surface area contributed by atoms with Gasteiger partial charge in [-0.1, -0.05) is 0 Å². The highest BCUT2D eigenvalue weighted by Gasteiger charge is 2.31. The molecule has 0 saturated carbocycles. The number of hydrogen-bond acceptors (Lipinski definition) is 6. The summed E-state index contributed by atoms with van der Waals surface area (Å²) < 4.78 is 9.42. The first-order valence-electron chi connectivity index (χ1n) is 7.60. The molecule has 0 N–H and O–H groups in total. The lowest BCUT2D eigenvalue weighted by atomic mass is 10.0. The Morgan fingerprint density at radius 1 is 1.25 bits per heavy atom. The van der Waals surface area contributed by atoms with Crippen molar-refractivity contribution in [3.63, 3.8) is 0 Å². The number of anilines is 1. The van der Waals surface area contributed by atoms with Crippen molar-refractivity contribution in [2.45, 2.75) is 51.3 Å². The molecule has 6 heteroatoms. The van der Waals surface area contributed by atoms with E-state index in [2.05, 4.69) is 26.1 Å². The van der Waals surface area contributed by atoms with Gasteiger partial charge in [0.1, 0.15) is 6.61 Å². The molecule has 1 aromatic rings. The maximum Gasteiger partial charge on any atom is 0.205 e. The zero-order valence-electron chi connectivity index (χ0n) is 12.4. The first kappa shape index (κ1) is 14.2. The molecule has 2 saturated heterocycles. The van der Waals surface area contributed by atoms with Crippen molar-refractivity contribution >= 4 is 16.7 Å². The number of ether oxygens (including phenoxy) is 1. The summed E-state index contributed by atoms with van der Waals surface area (Å²) >= 11 is 1.50. The van der Waals surface area contributed by atoms with E-state index in [1.54, 1.807) is 7.11 Å². The Morgan fingerprint density at radius 3 is 2.70 bits per heavy atom. The molecule has 0 spiro atoms. The minimum Gasteiger partial charge on any atom is -0.377 e. The van der Waals surface area contributed by atoms with Gasteiger partial charge in [0.15, 0.2) is 5.82 Å². The van der Waals surface area contributed by atoms with E-state index in [1.807, 2.05) is 0 Å². The Balaban J connectivity index is 1.55. The van der Waals surface area contributed by atoms with E-state index in [-0.39, 0.29) is 0 Å². The quantitative estimate of drug-likeness (QED) is 0.851. The second-order valence-electron chi connectivity index (χ2n) is 5.87. The van der Waals surface area contributed by atoms with Gasteiger partial charge < -0.3 is 9.64 Å². The summed E-state index contributed by atoms with van der Waals surface area (Å²) in [7, 11) is 1.68. The molecule has 2 aliphatic heterocycles. The Bertz CT molecular complexity index is 431. The van der Waals surface area contributed by atoms with Gasteiger partial charge in [-0.2, -0.15) is 4.37 Å². The first-order chi connectivity index (χ1) is 9.78. The molecule has 3 heterocycles. The number of piperidine rings is 1. The molecular formula is C14H24N4OS. The Morgan fingerprint density at radius 2 is 2.05 bits per heavy atom. The Labute approximate surface area is 125 Å². The van der Waals surface area contributed by atoms with Crippen LogP contribution in [0.25, 0.3) is 0 Å². The van der Waals surface area contributed by atoms with Crippen molar-refractivity contribution in [3.05, 3.63) is 5.82 Å². The number of hydrogen-bond donors (Lipinski definition) is 0. The van der Waals surface area contributed by atoms with Gasteiger partial charge in [-0.15, -0.1) is 0 Å². The van der Waals surface area contributed by atoms with E-state index >= 15 is 0 Å². The highest BCUT2D eigenvalue weighted by Crippen LogP contribution is 2.28. The molecule has 1 atom stereocenters. The molecule has 0 bridgehead atoms. The van der Waals surface area contributed by atoms with Gasteiger partial charge in [-0.25, -0.2) is 4.98 Å². The molecule has 1 aromatic heterocycles. The summed E-state index contributed by atoms with van der Waals surface area (Å²) in [6.45, 7) is 6.40. The second kappa shape index (κ2) is 6.37. The Kier molecular flexibility index (Phi) is 4.53. The summed E-state index contributed by atoms with van der Waals surface area (Å²) in [6.07, 6.45) is 5.25. The number of methoxy groups -OCH3 is 1. The van der Waals surface area contributed by atoms with Crippen LogP contribution in [0.4, 0.5) is 5.13 Å². The van der Waals surface area contributed by atoms with Crippen LogP contribution in [0.3, 0.4) is 0 Å². The van der Waals surface area contributed by atoms with Crippen LogP contribution < -0.4 is 4.90 Å². The average molecular weight is 296 g/mol. The molecule has 0 amide bonds. The van der Waals surface area contributed by atoms with E-state index in [9.17, 15) is 0 Å². The number of nitrogens with zero attached hydrogens (tertiary/aromatic N) is 4. The third-order valence-corrected chi connectivity index (χ3v) is 5.35. The van der Waals surface area contributed by atoms with Crippen molar-refractivity contribution in [2.24, 2.45) is 0 Å². The molecule has 2 fully saturated rings. The van der Waals surface area contributed by atoms with Crippen LogP contribution >= 0.6 is 11.5 Å². The third-order valence-electron chi connectivity index (χ3n) is 4.54. The molecule has 0 aromatic carbocycles. The largest absolute Gasteiger partial charge is 0.377 e. The van der Waals surface area contributed by atoms with Gasteiger partial charge >= 0.3 is 0 Å². The van der Waals surface area contributed by atoms with Gasteiger partial charge in [0.2, 0.25) is 5.13 Å². The molecule has 2 aliphatic rings. The standard InChI is InChI=1S/C14H24N4OS/c1-11-4-3-7-18(11)12-5-8-17(9-6-12)14-15-13(10-19-2)16-20-14/h11-12H,3-10H2,1-2H3. The summed E-state index contributed by atoms with van der Waals surface area (Å²) in [6, 6.07) is 1.55. The lowest BCUT2D eigenvalue weighted by Gasteiger charge is -2.38. The number of likely N-dealkylation sites (tertiary alicyclic amines) is 1. The predicted octanol–water partition coefficient (Wildman–Crippen LogP) is 2.14. The van der Waals surface area contributed by atoms with Crippen LogP contribution in [0.15, 0.2) is 0 Å². The molecule has 0 radical (unpaired) electrons. The molecule has 20 heavy (non-hydrogen) atoms. The van der Waals surface area contributed by atoms with Gasteiger partial charge in [-0.05, 0) is 39.2 Å². The normalized spacial score (nSPS) is 25.5. The van der Waals surface area contributed by atoms with E-state index in [4.69, 9.17) is 4.74 Å². The van der Waals surface area contributed by atoms with Crippen molar-refractivity contribution in [3.8, 4) is 0 Å². The predicted molar refractivity (Wildman–Crippen MR) is 81.3 cm³/mol. The minimum atomic E-state index is 0.512. The fourth-order valence-corrected chi connectivity index (χ4v) is 4.17. The zero-order valence-corrected chi connectivity index (χ0v) is 13.2. The Hall–Kier alpha value is -0.720. The number of aromatic nitrogens is 2. The lowest BCUT2D eigenvalue weighted by Crippen LogP contribution is -2.46. The van der Waals surface area contributed by atoms with Gasteiger partial charge in [0.25, 0.3) is 0 Å². The van der Waals surface area contributed by atoms with Gasteiger partial charge in [0, 0.05) is 43.8 Å². The van der Waals surface area contributed by atoms with Crippen LogP contribution in [0.5, 0.6) is 0 Å². The molecule has 0 aliphatic carbocycles. The average Bonchev–Trinajstić information content (AvgIpc) is 3.09. The molecule has 112 valence electrons. The van der Waals surface area contributed by atoms with E-state index in [0.29, 0.717) is 6.61 Å². The second-order valence-corrected chi connectivity index (χ2v) is 6.60. The zero-order chi connectivity index (χ0) is 13.9. The van der Waals surface area contributed by atoms with Gasteiger partial charge in [0.05, 0.1) is 0 Å². The lowest BCUT2D eigenvalue weighted by molar-refractivity contribution is 0.163. The minimum absolute atomic E-state index is 0.512. The summed E-state index contributed by atoms with van der Waals surface area (Å²) in [5.41, 5.74) is 0. The van der Waals surface area contributed by atoms with Gasteiger partial charge in [-0.3, -0.25) is 4.90 Å². The van der Waals surface area contributed by atoms with Crippen molar-refractivity contribution in [1.29, 1.82) is 0 Å². The van der Waals surface area contributed by atoms with Crippen molar-refractivity contribution in [1.82, 2.24) is 14.3 Å². The van der Waals surface area contributed by atoms with Crippen LogP contribution in [-0.2, 0) is 11.3 Å². The monoisotopic (exact) mass is 296 g/mol. The van der Waals surface area contributed by atoms with Crippen molar-refractivity contribution < 1.29 is 4.74 Å².